The first-order valence-electron chi connectivity index (χ1n) is 13.8. The van der Waals surface area contributed by atoms with Crippen molar-refractivity contribution in [3.63, 3.8) is 0 Å². The molecule has 12 heteroatoms. The Bertz CT molecular complexity index is 1690. The Morgan fingerprint density at radius 3 is 2.45 bits per heavy atom. The average molecular weight is 582 g/mol. The van der Waals surface area contributed by atoms with Gasteiger partial charge in [0.05, 0.1) is 23.7 Å². The van der Waals surface area contributed by atoms with Crippen LogP contribution in [0, 0.1) is 11.6 Å². The Labute approximate surface area is 238 Å². The SMILES string of the molecule is O=C(O)c1cn(C2CC2)c2cc(N3CCC(O)(COc4ccc([C@H]5CC(CO)=NC5=O)cc4F)CC3)c(F)cc2c1=O. The summed E-state index contributed by atoms with van der Waals surface area (Å²) in [5.74, 6) is -3.88. The molecular formula is C30H29F2N3O7. The van der Waals surface area contributed by atoms with E-state index >= 15 is 4.39 Å². The molecule has 0 unspecified atom stereocenters. The monoisotopic (exact) mass is 581 g/mol. The van der Waals surface area contributed by atoms with Crippen LogP contribution in [0.1, 0.15) is 60.0 Å². The van der Waals surface area contributed by atoms with Gasteiger partial charge in [-0.05, 0) is 55.5 Å². The van der Waals surface area contributed by atoms with Crippen LogP contribution in [0.15, 0.2) is 46.3 Å². The predicted octanol–water partition coefficient (Wildman–Crippen LogP) is 3.17. The zero-order valence-electron chi connectivity index (χ0n) is 22.6. The van der Waals surface area contributed by atoms with Gasteiger partial charge in [-0.1, -0.05) is 6.07 Å². The van der Waals surface area contributed by atoms with Gasteiger partial charge in [-0.2, -0.15) is 0 Å². The summed E-state index contributed by atoms with van der Waals surface area (Å²) in [5, 5.41) is 29.8. The third kappa shape index (κ3) is 5.16. The summed E-state index contributed by atoms with van der Waals surface area (Å²) in [4.78, 5) is 42.0. The summed E-state index contributed by atoms with van der Waals surface area (Å²) >= 11 is 0. The van der Waals surface area contributed by atoms with E-state index in [1.165, 1.54) is 18.3 Å². The highest BCUT2D eigenvalue weighted by molar-refractivity contribution is 6.06. The number of carbonyl (C=O) groups is 2. The minimum absolute atomic E-state index is 0.0108. The molecule has 42 heavy (non-hydrogen) atoms. The zero-order chi connectivity index (χ0) is 29.8. The van der Waals surface area contributed by atoms with Gasteiger partial charge >= 0.3 is 5.97 Å². The number of amides is 1. The van der Waals surface area contributed by atoms with Crippen molar-refractivity contribution < 1.29 is 38.4 Å². The Morgan fingerprint density at radius 2 is 1.83 bits per heavy atom. The normalized spacial score (nSPS) is 20.2. The van der Waals surface area contributed by atoms with Gasteiger partial charge in [0.2, 0.25) is 5.43 Å². The Balaban J connectivity index is 1.14. The Morgan fingerprint density at radius 1 is 1.10 bits per heavy atom. The molecule has 0 spiro atoms. The fourth-order valence-corrected chi connectivity index (χ4v) is 5.74. The number of aromatic nitrogens is 1. The fourth-order valence-electron chi connectivity index (χ4n) is 5.74. The zero-order valence-corrected chi connectivity index (χ0v) is 22.6. The summed E-state index contributed by atoms with van der Waals surface area (Å²) in [6.45, 7) is 0.00431. The molecule has 3 heterocycles. The number of halogens is 2. The van der Waals surface area contributed by atoms with Gasteiger partial charge in [-0.3, -0.25) is 9.59 Å². The second kappa shape index (κ2) is 10.6. The number of fused-ring (bicyclic) bond motifs is 1. The maximum Gasteiger partial charge on any atom is 0.341 e. The van der Waals surface area contributed by atoms with Crippen molar-refractivity contribution in [2.75, 3.05) is 31.2 Å². The van der Waals surface area contributed by atoms with E-state index in [0.29, 0.717) is 16.8 Å². The third-order valence-electron chi connectivity index (χ3n) is 8.35. The van der Waals surface area contributed by atoms with E-state index in [0.717, 1.165) is 18.9 Å². The highest BCUT2D eigenvalue weighted by Gasteiger charge is 2.35. The number of carboxylic acid groups (broad SMARTS) is 1. The number of aliphatic hydroxyl groups excluding tert-OH is 1. The summed E-state index contributed by atoms with van der Waals surface area (Å²) in [5.41, 5.74) is -0.937. The first-order chi connectivity index (χ1) is 20.1. The van der Waals surface area contributed by atoms with E-state index in [-0.39, 0.29) is 68.4 Å². The van der Waals surface area contributed by atoms with E-state index < -0.39 is 46.0 Å². The molecular weight excluding hydrogens is 552 g/mol. The van der Waals surface area contributed by atoms with Crippen LogP contribution >= 0.6 is 0 Å². The molecule has 1 atom stereocenters. The molecule has 0 radical (unpaired) electrons. The van der Waals surface area contributed by atoms with Crippen molar-refractivity contribution in [3.8, 4) is 5.75 Å². The van der Waals surface area contributed by atoms with Crippen LogP contribution in [0.25, 0.3) is 10.9 Å². The molecule has 3 aliphatic rings. The topological polar surface area (TPSA) is 142 Å². The molecule has 3 N–H and O–H groups in total. The molecule has 2 fully saturated rings. The van der Waals surface area contributed by atoms with Gasteiger partial charge in [0.25, 0.3) is 5.91 Å². The lowest BCUT2D eigenvalue weighted by Gasteiger charge is -2.39. The van der Waals surface area contributed by atoms with E-state index in [2.05, 4.69) is 4.99 Å². The molecule has 3 aromatic rings. The van der Waals surface area contributed by atoms with E-state index in [1.807, 2.05) is 0 Å². The maximum absolute atomic E-state index is 15.3. The number of ether oxygens (including phenoxy) is 1. The standard InChI is InChI=1S/C30H29F2N3O7/c31-22-11-20-24(35(18-2-3-18)13-21(27(20)37)29(39)40)12-25(22)34-7-5-30(41,6-8-34)15-42-26-4-1-16(9-23(26)32)19-10-17(14-36)33-28(19)38/h1,4,9,11-13,18-19,36,41H,2-3,5-8,10,14-15H2,(H,39,40)/t19-/m1/s1. The van der Waals surface area contributed by atoms with Crippen molar-refractivity contribution in [2.45, 2.75) is 49.7 Å². The average Bonchev–Trinajstić information content (AvgIpc) is 3.74. The van der Waals surface area contributed by atoms with E-state index in [4.69, 9.17) is 4.74 Å². The minimum Gasteiger partial charge on any atom is -0.488 e. The second-order valence-electron chi connectivity index (χ2n) is 11.3. The largest absolute Gasteiger partial charge is 0.488 e. The van der Waals surface area contributed by atoms with Gasteiger partial charge in [0, 0.05) is 42.8 Å². The molecule has 1 saturated carbocycles. The van der Waals surface area contributed by atoms with Crippen LogP contribution in [0.4, 0.5) is 14.5 Å². The molecule has 1 aliphatic carbocycles. The first-order valence-corrected chi connectivity index (χ1v) is 13.8. The van der Waals surface area contributed by atoms with Crippen molar-refractivity contribution in [3.05, 3.63) is 69.5 Å². The molecule has 1 saturated heterocycles. The van der Waals surface area contributed by atoms with Crippen LogP contribution < -0.4 is 15.1 Å². The number of carbonyl (C=O) groups excluding carboxylic acids is 1. The molecule has 220 valence electrons. The van der Waals surface area contributed by atoms with Gasteiger partial charge in [-0.15, -0.1) is 0 Å². The van der Waals surface area contributed by atoms with E-state index in [9.17, 15) is 34.1 Å². The van der Waals surface area contributed by atoms with Gasteiger partial charge < -0.3 is 29.5 Å². The molecule has 6 rings (SSSR count). The number of carboxylic acids is 1. The minimum atomic E-state index is -1.36. The number of pyridine rings is 1. The van der Waals surface area contributed by atoms with Crippen LogP contribution in [0.3, 0.4) is 0 Å². The van der Waals surface area contributed by atoms with Crippen molar-refractivity contribution >= 4 is 34.2 Å². The number of aliphatic hydroxyl groups is 2. The van der Waals surface area contributed by atoms with Crippen LogP contribution in [-0.2, 0) is 4.79 Å². The summed E-state index contributed by atoms with van der Waals surface area (Å²) < 4.78 is 37.5. The summed E-state index contributed by atoms with van der Waals surface area (Å²) in [6, 6.07) is 6.86. The molecule has 1 aromatic heterocycles. The number of hydrogen-bond acceptors (Lipinski definition) is 7. The lowest BCUT2D eigenvalue weighted by atomic mass is 9.91. The van der Waals surface area contributed by atoms with Gasteiger partial charge in [0.1, 0.15) is 23.6 Å². The smallest absolute Gasteiger partial charge is 0.341 e. The van der Waals surface area contributed by atoms with Gasteiger partial charge in [0.15, 0.2) is 11.6 Å². The molecule has 10 nitrogen and oxygen atoms in total. The molecule has 0 bridgehead atoms. The predicted molar refractivity (Wildman–Crippen MR) is 149 cm³/mol. The molecule has 2 aromatic carbocycles. The van der Waals surface area contributed by atoms with Crippen molar-refractivity contribution in [1.82, 2.24) is 4.57 Å². The number of aromatic carboxylic acids is 1. The number of piperidine rings is 1. The number of benzene rings is 2. The van der Waals surface area contributed by atoms with Crippen LogP contribution in [-0.4, -0.2) is 69.4 Å². The molecule has 2 aliphatic heterocycles. The maximum atomic E-state index is 15.3. The quantitative estimate of drug-likeness (QED) is 0.369. The number of anilines is 1. The van der Waals surface area contributed by atoms with Crippen LogP contribution in [0.2, 0.25) is 0 Å². The summed E-state index contributed by atoms with van der Waals surface area (Å²) in [7, 11) is 0. The molecule has 1 amide bonds. The second-order valence-corrected chi connectivity index (χ2v) is 11.3. The first kappa shape index (κ1) is 28.0. The van der Waals surface area contributed by atoms with Gasteiger partial charge in [-0.25, -0.2) is 18.6 Å². The summed E-state index contributed by atoms with van der Waals surface area (Å²) in [6.07, 6.45) is 3.63. The number of aliphatic imine (C=N–C) groups is 1. The highest BCUT2D eigenvalue weighted by atomic mass is 19.1. The lowest BCUT2D eigenvalue weighted by Crippen LogP contribution is -2.48. The fraction of sp³-hybridized carbons (Fsp3) is 0.400. The number of nitrogens with zero attached hydrogens (tertiary/aromatic N) is 3. The third-order valence-corrected chi connectivity index (χ3v) is 8.35. The number of rotatable bonds is 8. The highest BCUT2D eigenvalue weighted by Crippen LogP contribution is 2.39. The lowest BCUT2D eigenvalue weighted by molar-refractivity contribution is -0.118. The Hall–Kier alpha value is -4.16. The Kier molecular flexibility index (Phi) is 7.06. The van der Waals surface area contributed by atoms with Crippen LogP contribution in [0.5, 0.6) is 5.75 Å². The number of hydrogen-bond donors (Lipinski definition) is 3. The van der Waals surface area contributed by atoms with Crippen molar-refractivity contribution in [2.24, 2.45) is 4.99 Å². The van der Waals surface area contributed by atoms with E-state index in [1.54, 1.807) is 21.6 Å². The van der Waals surface area contributed by atoms with Crippen molar-refractivity contribution in [1.29, 1.82) is 0 Å².